The van der Waals surface area contributed by atoms with Crippen molar-refractivity contribution in [3.8, 4) is 11.5 Å². The minimum atomic E-state index is -1.43. The van der Waals surface area contributed by atoms with Crippen LogP contribution in [0.15, 0.2) is 6.07 Å². The van der Waals surface area contributed by atoms with Gasteiger partial charge >= 0.3 is 5.97 Å². The Hall–Kier alpha value is -2.28. The number of carbonyl (C=O) groups excluding carboxylic acids is 1. The van der Waals surface area contributed by atoms with Gasteiger partial charge in [-0.15, -0.1) is 0 Å². The number of aryl methyl sites for hydroxylation is 1. The van der Waals surface area contributed by atoms with Crippen LogP contribution in [0.1, 0.15) is 47.2 Å². The van der Waals surface area contributed by atoms with E-state index in [9.17, 15) is 19.8 Å². The third kappa shape index (κ3) is 4.63. The van der Waals surface area contributed by atoms with Crippen molar-refractivity contribution in [3.63, 3.8) is 0 Å². The molecule has 0 saturated carbocycles. The molecule has 0 heterocycles. The molecule has 0 aliphatic rings. The fourth-order valence-corrected chi connectivity index (χ4v) is 2.14. The standard InChI is InChI=1S/C15H22N2O5/c1-9-7-11(18)13(15(21)22)14(20)10(9)8-17-12(19)5-3-2-4-6-16/h7,18,20H,2-6,8,16H2,1H3,(H,17,19)(H,21,22). The Morgan fingerprint density at radius 2 is 1.91 bits per heavy atom. The number of rotatable bonds is 8. The molecule has 6 N–H and O–H groups in total. The number of aromatic carboxylic acids is 1. The highest BCUT2D eigenvalue weighted by molar-refractivity contribution is 5.94. The van der Waals surface area contributed by atoms with E-state index >= 15 is 0 Å². The predicted molar refractivity (Wildman–Crippen MR) is 80.8 cm³/mol. The largest absolute Gasteiger partial charge is 0.507 e. The van der Waals surface area contributed by atoms with Crippen LogP contribution in [0, 0.1) is 6.92 Å². The minimum absolute atomic E-state index is 0.00789. The second-order valence-electron chi connectivity index (χ2n) is 5.10. The molecule has 0 spiro atoms. The Balaban J connectivity index is 2.72. The van der Waals surface area contributed by atoms with E-state index in [4.69, 9.17) is 10.8 Å². The van der Waals surface area contributed by atoms with Gasteiger partial charge in [0.1, 0.15) is 17.1 Å². The molecule has 1 amide bonds. The first-order chi connectivity index (χ1) is 10.4. The van der Waals surface area contributed by atoms with Crippen LogP contribution in [0.25, 0.3) is 0 Å². The van der Waals surface area contributed by atoms with Gasteiger partial charge in [0.05, 0.1) is 0 Å². The summed E-state index contributed by atoms with van der Waals surface area (Å²) in [5.41, 5.74) is 5.60. The first-order valence-corrected chi connectivity index (χ1v) is 7.13. The van der Waals surface area contributed by atoms with Crippen molar-refractivity contribution >= 4 is 11.9 Å². The summed E-state index contributed by atoms with van der Waals surface area (Å²) < 4.78 is 0. The number of phenols is 2. The van der Waals surface area contributed by atoms with E-state index in [0.717, 1.165) is 19.3 Å². The first kappa shape index (κ1) is 17.8. The fraction of sp³-hybridized carbons (Fsp3) is 0.467. The number of nitrogens with two attached hydrogens (primary N) is 1. The van der Waals surface area contributed by atoms with Crippen LogP contribution in [0.4, 0.5) is 0 Å². The first-order valence-electron chi connectivity index (χ1n) is 7.13. The van der Waals surface area contributed by atoms with Crippen molar-refractivity contribution in [2.24, 2.45) is 5.73 Å². The Labute approximate surface area is 128 Å². The summed E-state index contributed by atoms with van der Waals surface area (Å²) in [6.45, 7) is 2.22. The number of amides is 1. The van der Waals surface area contributed by atoms with E-state index < -0.39 is 23.0 Å². The molecule has 1 aromatic carbocycles. The molecule has 22 heavy (non-hydrogen) atoms. The van der Waals surface area contributed by atoms with E-state index in [2.05, 4.69) is 5.32 Å². The number of hydrogen-bond acceptors (Lipinski definition) is 5. The van der Waals surface area contributed by atoms with Crippen LogP contribution < -0.4 is 11.1 Å². The van der Waals surface area contributed by atoms with Crippen LogP contribution in [0.5, 0.6) is 11.5 Å². The highest BCUT2D eigenvalue weighted by Gasteiger charge is 2.21. The monoisotopic (exact) mass is 310 g/mol. The number of carboxylic acid groups (broad SMARTS) is 1. The average Bonchev–Trinajstić information content (AvgIpc) is 2.42. The third-order valence-corrected chi connectivity index (χ3v) is 3.39. The molecular formula is C15H22N2O5. The summed E-state index contributed by atoms with van der Waals surface area (Å²) in [5.74, 6) is -2.63. The lowest BCUT2D eigenvalue weighted by Gasteiger charge is -2.13. The number of unbranched alkanes of at least 4 members (excludes halogenated alkanes) is 2. The van der Waals surface area contributed by atoms with E-state index in [-0.39, 0.29) is 18.0 Å². The van der Waals surface area contributed by atoms with E-state index in [1.807, 2.05) is 0 Å². The van der Waals surface area contributed by atoms with Gasteiger partial charge in [-0.2, -0.15) is 0 Å². The molecule has 7 heteroatoms. The summed E-state index contributed by atoms with van der Waals surface area (Å²) in [4.78, 5) is 22.7. The number of hydrogen-bond donors (Lipinski definition) is 5. The Bertz CT molecular complexity index is 557. The van der Waals surface area contributed by atoms with Gasteiger partial charge in [-0.1, -0.05) is 6.42 Å². The van der Waals surface area contributed by atoms with E-state index in [1.165, 1.54) is 6.07 Å². The molecule has 0 aliphatic heterocycles. The highest BCUT2D eigenvalue weighted by Crippen LogP contribution is 2.33. The molecule has 1 aromatic rings. The molecule has 0 fully saturated rings. The number of aromatic hydroxyl groups is 2. The van der Waals surface area contributed by atoms with Gasteiger partial charge in [-0.05, 0) is 37.9 Å². The van der Waals surface area contributed by atoms with Gasteiger partial charge in [-0.25, -0.2) is 4.79 Å². The zero-order valence-corrected chi connectivity index (χ0v) is 12.6. The summed E-state index contributed by atoms with van der Waals surface area (Å²) in [5, 5.41) is 31.2. The quantitative estimate of drug-likeness (QED) is 0.459. The Morgan fingerprint density at radius 3 is 2.50 bits per heavy atom. The number of benzene rings is 1. The van der Waals surface area contributed by atoms with Gasteiger partial charge in [0.2, 0.25) is 5.91 Å². The molecule has 0 aliphatic carbocycles. The third-order valence-electron chi connectivity index (χ3n) is 3.39. The maximum Gasteiger partial charge on any atom is 0.343 e. The van der Waals surface area contributed by atoms with Crippen LogP contribution in [0.3, 0.4) is 0 Å². The molecule has 0 radical (unpaired) electrons. The summed E-state index contributed by atoms with van der Waals surface area (Å²) >= 11 is 0. The maximum atomic E-state index is 11.7. The molecule has 0 bridgehead atoms. The van der Waals surface area contributed by atoms with Crippen LogP contribution in [-0.2, 0) is 11.3 Å². The zero-order chi connectivity index (χ0) is 16.7. The molecule has 7 nitrogen and oxygen atoms in total. The van der Waals surface area contributed by atoms with Gasteiger partial charge < -0.3 is 26.4 Å². The lowest BCUT2D eigenvalue weighted by Crippen LogP contribution is -2.23. The Kier molecular flexibility index (Phi) is 6.65. The maximum absolute atomic E-state index is 11.7. The van der Waals surface area contributed by atoms with Crippen molar-refractivity contribution in [2.75, 3.05) is 6.54 Å². The normalized spacial score (nSPS) is 10.5. The average molecular weight is 310 g/mol. The Morgan fingerprint density at radius 1 is 1.23 bits per heavy atom. The van der Waals surface area contributed by atoms with E-state index in [1.54, 1.807) is 6.92 Å². The van der Waals surface area contributed by atoms with Crippen molar-refractivity contribution in [1.82, 2.24) is 5.32 Å². The van der Waals surface area contributed by atoms with Crippen LogP contribution in [-0.4, -0.2) is 33.7 Å². The minimum Gasteiger partial charge on any atom is -0.507 e. The fourth-order valence-electron chi connectivity index (χ4n) is 2.14. The number of carboxylic acids is 1. The smallest absolute Gasteiger partial charge is 0.343 e. The van der Waals surface area contributed by atoms with Crippen LogP contribution in [0.2, 0.25) is 0 Å². The lowest BCUT2D eigenvalue weighted by molar-refractivity contribution is -0.121. The molecule has 0 unspecified atom stereocenters. The summed E-state index contributed by atoms with van der Waals surface area (Å²) in [7, 11) is 0. The highest BCUT2D eigenvalue weighted by atomic mass is 16.4. The van der Waals surface area contributed by atoms with Gasteiger partial charge in [0.15, 0.2) is 0 Å². The van der Waals surface area contributed by atoms with Crippen LogP contribution >= 0.6 is 0 Å². The topological polar surface area (TPSA) is 133 Å². The second kappa shape index (κ2) is 8.23. The van der Waals surface area contributed by atoms with Crippen molar-refractivity contribution in [2.45, 2.75) is 39.2 Å². The number of carbonyl (C=O) groups is 2. The van der Waals surface area contributed by atoms with Crippen molar-refractivity contribution in [3.05, 3.63) is 22.8 Å². The van der Waals surface area contributed by atoms with Crippen molar-refractivity contribution in [1.29, 1.82) is 0 Å². The molecule has 122 valence electrons. The predicted octanol–water partition coefficient (Wildman–Crippen LogP) is 1.24. The van der Waals surface area contributed by atoms with Crippen molar-refractivity contribution < 1.29 is 24.9 Å². The zero-order valence-electron chi connectivity index (χ0n) is 12.6. The molecular weight excluding hydrogens is 288 g/mol. The van der Waals surface area contributed by atoms with Gasteiger partial charge in [0, 0.05) is 18.5 Å². The molecule has 1 rings (SSSR count). The van der Waals surface area contributed by atoms with Gasteiger partial charge in [-0.3, -0.25) is 4.79 Å². The summed E-state index contributed by atoms with van der Waals surface area (Å²) in [6.07, 6.45) is 2.82. The van der Waals surface area contributed by atoms with Gasteiger partial charge in [0.25, 0.3) is 0 Å². The number of nitrogens with one attached hydrogen (secondary N) is 1. The molecule has 0 saturated heterocycles. The second-order valence-corrected chi connectivity index (χ2v) is 5.10. The summed E-state index contributed by atoms with van der Waals surface area (Å²) in [6, 6.07) is 1.26. The SMILES string of the molecule is Cc1cc(O)c(C(=O)O)c(O)c1CNC(=O)CCCCCN. The van der Waals surface area contributed by atoms with E-state index in [0.29, 0.717) is 18.5 Å². The lowest BCUT2D eigenvalue weighted by atomic mass is 10.0. The molecule has 0 aromatic heterocycles. The molecule has 0 atom stereocenters.